The van der Waals surface area contributed by atoms with E-state index in [4.69, 9.17) is 11.0 Å². The van der Waals surface area contributed by atoms with Gasteiger partial charge in [-0.15, -0.1) is 0 Å². The van der Waals surface area contributed by atoms with Crippen LogP contribution in [0.4, 0.5) is 5.69 Å². The highest BCUT2D eigenvalue weighted by Gasteiger charge is 2.17. The number of nitriles is 1. The molecule has 0 bridgehead atoms. The molecule has 0 aromatic heterocycles. The summed E-state index contributed by atoms with van der Waals surface area (Å²) in [5.74, 6) is 0. The van der Waals surface area contributed by atoms with Crippen LogP contribution >= 0.6 is 0 Å². The van der Waals surface area contributed by atoms with Crippen molar-refractivity contribution >= 4 is 5.69 Å². The highest BCUT2D eigenvalue weighted by molar-refractivity contribution is 5.46. The summed E-state index contributed by atoms with van der Waals surface area (Å²) in [6.45, 7) is 3.12. The van der Waals surface area contributed by atoms with Crippen LogP contribution in [0.25, 0.3) is 0 Å². The smallest absolute Gasteiger partial charge is 0.0621 e. The molecule has 1 heterocycles. The SMILES string of the molecule is N#CCCCCN1Cc2ccc(N)cc2C1. The third-order valence-corrected chi connectivity index (χ3v) is 3.03. The fourth-order valence-corrected chi connectivity index (χ4v) is 2.18. The Bertz CT molecular complexity index is 406. The number of nitrogen functional groups attached to an aromatic ring is 1. The van der Waals surface area contributed by atoms with Crippen LogP contribution in [-0.2, 0) is 13.1 Å². The molecule has 0 aliphatic carbocycles. The van der Waals surface area contributed by atoms with Crippen LogP contribution in [-0.4, -0.2) is 11.4 Å². The number of benzene rings is 1. The Morgan fingerprint density at radius 1 is 1.25 bits per heavy atom. The molecule has 84 valence electrons. The van der Waals surface area contributed by atoms with E-state index in [1.165, 1.54) is 11.1 Å². The average Bonchev–Trinajstić information content (AvgIpc) is 2.66. The van der Waals surface area contributed by atoms with Gasteiger partial charge in [0.05, 0.1) is 6.07 Å². The van der Waals surface area contributed by atoms with Crippen molar-refractivity contribution in [3.8, 4) is 6.07 Å². The molecule has 1 aliphatic rings. The van der Waals surface area contributed by atoms with Gasteiger partial charge in [-0.25, -0.2) is 0 Å². The molecule has 1 aliphatic heterocycles. The quantitative estimate of drug-likeness (QED) is 0.619. The molecule has 0 saturated carbocycles. The van der Waals surface area contributed by atoms with Gasteiger partial charge in [-0.05, 0) is 42.6 Å². The van der Waals surface area contributed by atoms with Gasteiger partial charge in [0, 0.05) is 25.2 Å². The Kier molecular flexibility index (Phi) is 3.43. The second-order valence-corrected chi connectivity index (χ2v) is 4.35. The molecule has 1 aromatic carbocycles. The first-order valence-electron chi connectivity index (χ1n) is 5.76. The lowest BCUT2D eigenvalue weighted by Crippen LogP contribution is -2.17. The first-order chi connectivity index (χ1) is 7.79. The van der Waals surface area contributed by atoms with Crippen LogP contribution in [0.2, 0.25) is 0 Å². The maximum Gasteiger partial charge on any atom is 0.0621 e. The minimum absolute atomic E-state index is 0.674. The van der Waals surface area contributed by atoms with Crippen LogP contribution in [0.5, 0.6) is 0 Å². The fourth-order valence-electron chi connectivity index (χ4n) is 2.18. The van der Waals surface area contributed by atoms with Crippen molar-refractivity contribution in [1.29, 1.82) is 5.26 Å². The van der Waals surface area contributed by atoms with E-state index in [-0.39, 0.29) is 0 Å². The Morgan fingerprint density at radius 2 is 2.06 bits per heavy atom. The highest BCUT2D eigenvalue weighted by Crippen LogP contribution is 2.24. The maximum absolute atomic E-state index is 8.45. The lowest BCUT2D eigenvalue weighted by Gasteiger charge is -2.13. The van der Waals surface area contributed by atoms with Crippen molar-refractivity contribution in [3.63, 3.8) is 0 Å². The second-order valence-electron chi connectivity index (χ2n) is 4.35. The molecular weight excluding hydrogens is 198 g/mol. The van der Waals surface area contributed by atoms with E-state index in [2.05, 4.69) is 23.1 Å². The number of nitrogens with zero attached hydrogens (tertiary/aromatic N) is 2. The van der Waals surface area contributed by atoms with E-state index in [0.717, 1.165) is 38.2 Å². The Labute approximate surface area is 96.5 Å². The third kappa shape index (κ3) is 2.53. The van der Waals surface area contributed by atoms with Crippen LogP contribution < -0.4 is 5.73 Å². The van der Waals surface area contributed by atoms with Gasteiger partial charge < -0.3 is 5.73 Å². The van der Waals surface area contributed by atoms with Crippen LogP contribution in [0.15, 0.2) is 18.2 Å². The largest absolute Gasteiger partial charge is 0.399 e. The molecule has 1 aromatic rings. The van der Waals surface area contributed by atoms with Gasteiger partial charge in [0.2, 0.25) is 0 Å². The van der Waals surface area contributed by atoms with Crippen LogP contribution in [0.3, 0.4) is 0 Å². The Hall–Kier alpha value is -1.53. The monoisotopic (exact) mass is 215 g/mol. The van der Waals surface area contributed by atoms with Gasteiger partial charge in [0.15, 0.2) is 0 Å². The number of unbranched alkanes of at least 4 members (excludes halogenated alkanes) is 2. The average molecular weight is 215 g/mol. The van der Waals surface area contributed by atoms with Gasteiger partial charge >= 0.3 is 0 Å². The molecule has 3 heteroatoms. The molecule has 0 amide bonds. The maximum atomic E-state index is 8.45. The van der Waals surface area contributed by atoms with Crippen molar-refractivity contribution in [2.45, 2.75) is 32.4 Å². The molecule has 0 spiro atoms. The van der Waals surface area contributed by atoms with Gasteiger partial charge in [-0.1, -0.05) is 6.07 Å². The Balaban J connectivity index is 1.84. The molecule has 0 fully saturated rings. The summed E-state index contributed by atoms with van der Waals surface area (Å²) in [5, 5.41) is 8.45. The minimum atomic E-state index is 0.674. The Morgan fingerprint density at radius 3 is 2.88 bits per heavy atom. The van der Waals surface area contributed by atoms with E-state index in [9.17, 15) is 0 Å². The third-order valence-electron chi connectivity index (χ3n) is 3.03. The molecule has 2 rings (SSSR count). The standard InChI is InChI=1S/C13H17N3/c14-6-2-1-3-7-16-9-11-4-5-13(15)8-12(11)10-16/h4-5,8H,1-3,7,9-10,15H2. The predicted molar refractivity (Wildman–Crippen MR) is 64.4 cm³/mol. The molecule has 16 heavy (non-hydrogen) atoms. The fraction of sp³-hybridized carbons (Fsp3) is 0.462. The van der Waals surface area contributed by atoms with Crippen LogP contribution in [0, 0.1) is 11.3 Å². The zero-order chi connectivity index (χ0) is 11.4. The van der Waals surface area contributed by atoms with E-state index < -0.39 is 0 Å². The lowest BCUT2D eigenvalue weighted by molar-refractivity contribution is 0.278. The molecule has 0 atom stereocenters. The van der Waals surface area contributed by atoms with Crippen LogP contribution in [0.1, 0.15) is 30.4 Å². The summed E-state index contributed by atoms with van der Waals surface area (Å²) in [6, 6.07) is 8.35. The molecule has 0 radical (unpaired) electrons. The van der Waals surface area contributed by atoms with Crippen molar-refractivity contribution < 1.29 is 0 Å². The topological polar surface area (TPSA) is 53.0 Å². The summed E-state index contributed by atoms with van der Waals surface area (Å²) < 4.78 is 0. The zero-order valence-corrected chi connectivity index (χ0v) is 9.45. The van der Waals surface area contributed by atoms with E-state index in [1.807, 2.05) is 6.07 Å². The second kappa shape index (κ2) is 5.00. The van der Waals surface area contributed by atoms with E-state index in [0.29, 0.717) is 6.42 Å². The summed E-state index contributed by atoms with van der Waals surface area (Å²) in [7, 11) is 0. The normalized spacial score (nSPS) is 14.7. The first-order valence-corrected chi connectivity index (χ1v) is 5.76. The minimum Gasteiger partial charge on any atom is -0.399 e. The predicted octanol–water partition coefficient (Wildman–Crippen LogP) is 2.28. The van der Waals surface area contributed by atoms with E-state index >= 15 is 0 Å². The number of hydrogen-bond acceptors (Lipinski definition) is 3. The molecule has 2 N–H and O–H groups in total. The summed E-state index contributed by atoms with van der Waals surface area (Å²) in [4.78, 5) is 2.42. The molecular formula is C13H17N3. The number of rotatable bonds is 4. The summed E-state index contributed by atoms with van der Waals surface area (Å²) in [6.07, 6.45) is 2.79. The lowest BCUT2D eigenvalue weighted by atomic mass is 10.1. The number of hydrogen-bond donors (Lipinski definition) is 1. The van der Waals surface area contributed by atoms with Gasteiger partial charge in [0.25, 0.3) is 0 Å². The zero-order valence-electron chi connectivity index (χ0n) is 9.45. The van der Waals surface area contributed by atoms with Crippen molar-refractivity contribution in [3.05, 3.63) is 29.3 Å². The molecule has 0 unspecified atom stereocenters. The molecule has 0 saturated heterocycles. The number of fused-ring (bicyclic) bond motifs is 1. The van der Waals surface area contributed by atoms with Gasteiger partial charge in [-0.3, -0.25) is 4.90 Å². The summed E-state index contributed by atoms with van der Waals surface area (Å²) in [5.41, 5.74) is 9.37. The van der Waals surface area contributed by atoms with Crippen molar-refractivity contribution in [2.24, 2.45) is 0 Å². The van der Waals surface area contributed by atoms with Crippen molar-refractivity contribution in [2.75, 3.05) is 12.3 Å². The first kappa shape index (κ1) is 11.0. The number of nitrogens with two attached hydrogens (primary N) is 1. The van der Waals surface area contributed by atoms with Crippen molar-refractivity contribution in [1.82, 2.24) is 4.90 Å². The highest BCUT2D eigenvalue weighted by atomic mass is 15.1. The van der Waals surface area contributed by atoms with E-state index in [1.54, 1.807) is 0 Å². The molecule has 3 nitrogen and oxygen atoms in total. The van der Waals surface area contributed by atoms with Gasteiger partial charge in [0.1, 0.15) is 0 Å². The number of anilines is 1. The van der Waals surface area contributed by atoms with Gasteiger partial charge in [-0.2, -0.15) is 5.26 Å². The summed E-state index contributed by atoms with van der Waals surface area (Å²) >= 11 is 0.